The van der Waals surface area contributed by atoms with E-state index in [0.29, 0.717) is 18.0 Å². The van der Waals surface area contributed by atoms with Crippen molar-refractivity contribution in [2.45, 2.75) is 4.90 Å². The summed E-state index contributed by atoms with van der Waals surface area (Å²) in [6.45, 7) is 0.391. The van der Waals surface area contributed by atoms with Crippen molar-refractivity contribution < 1.29 is 13.7 Å². The molecular weight excluding hydrogens is 274 g/mol. The molecule has 0 bridgehead atoms. The van der Waals surface area contributed by atoms with Crippen molar-refractivity contribution in [2.75, 3.05) is 25.2 Å². The third kappa shape index (κ3) is 3.99. The zero-order chi connectivity index (χ0) is 14.4. The van der Waals surface area contributed by atoms with Gasteiger partial charge in [0.2, 0.25) is 0 Å². The molecule has 0 radical (unpaired) electrons. The van der Waals surface area contributed by atoms with Gasteiger partial charge in [0, 0.05) is 10.6 Å². The first kappa shape index (κ1) is 14.4. The number of ether oxygens (including phenoxy) is 2. The van der Waals surface area contributed by atoms with Crippen LogP contribution in [0.25, 0.3) is 0 Å². The molecule has 0 spiro atoms. The van der Waals surface area contributed by atoms with Crippen molar-refractivity contribution >= 4 is 16.5 Å². The Kier molecular flexibility index (Phi) is 5.01. The lowest BCUT2D eigenvalue weighted by atomic mass is 10.3. The minimum Gasteiger partial charge on any atom is -0.497 e. The standard InChI is InChI=1S/C15H17NO3S/c1-18-13-6-8-15(9-7-13)20(17)11-10-19-14-4-2-12(16)3-5-14/h2-9H,10-11,16H2,1H3. The molecule has 0 heterocycles. The van der Waals surface area contributed by atoms with Gasteiger partial charge in [-0.15, -0.1) is 0 Å². The molecule has 5 heteroatoms. The zero-order valence-corrected chi connectivity index (χ0v) is 12.1. The van der Waals surface area contributed by atoms with Gasteiger partial charge in [-0.1, -0.05) is 0 Å². The molecule has 2 rings (SSSR count). The zero-order valence-electron chi connectivity index (χ0n) is 11.2. The summed E-state index contributed by atoms with van der Waals surface area (Å²) in [5.74, 6) is 1.92. The van der Waals surface area contributed by atoms with E-state index < -0.39 is 10.8 Å². The fraction of sp³-hybridized carbons (Fsp3) is 0.200. The summed E-state index contributed by atoms with van der Waals surface area (Å²) >= 11 is 0. The van der Waals surface area contributed by atoms with E-state index in [9.17, 15) is 4.21 Å². The van der Waals surface area contributed by atoms with E-state index >= 15 is 0 Å². The molecule has 0 saturated heterocycles. The first-order valence-corrected chi connectivity index (χ1v) is 7.51. The Morgan fingerprint density at radius 3 is 2.20 bits per heavy atom. The number of hydrogen-bond acceptors (Lipinski definition) is 4. The Labute approximate surface area is 121 Å². The Bertz CT molecular complexity index is 567. The molecule has 1 unspecified atom stereocenters. The monoisotopic (exact) mass is 291 g/mol. The molecule has 0 aliphatic carbocycles. The van der Waals surface area contributed by atoms with Gasteiger partial charge in [-0.05, 0) is 48.5 Å². The molecule has 1 atom stereocenters. The van der Waals surface area contributed by atoms with E-state index in [0.717, 1.165) is 16.4 Å². The van der Waals surface area contributed by atoms with Gasteiger partial charge >= 0.3 is 0 Å². The molecule has 0 saturated carbocycles. The summed E-state index contributed by atoms with van der Waals surface area (Å²) in [6.07, 6.45) is 0. The molecule has 2 aromatic rings. The Hall–Kier alpha value is -2.01. The second-order valence-electron chi connectivity index (χ2n) is 4.14. The van der Waals surface area contributed by atoms with Crippen molar-refractivity contribution in [2.24, 2.45) is 0 Å². The SMILES string of the molecule is COc1ccc(S(=O)CCOc2ccc(N)cc2)cc1. The quantitative estimate of drug-likeness (QED) is 0.831. The molecule has 2 N–H and O–H groups in total. The van der Waals surface area contributed by atoms with Gasteiger partial charge in [0.25, 0.3) is 0 Å². The van der Waals surface area contributed by atoms with Crippen LogP contribution in [0.1, 0.15) is 0 Å². The molecule has 0 fully saturated rings. The molecule has 20 heavy (non-hydrogen) atoms. The van der Waals surface area contributed by atoms with Gasteiger partial charge < -0.3 is 15.2 Å². The van der Waals surface area contributed by atoms with Crippen LogP contribution in [0.2, 0.25) is 0 Å². The fourth-order valence-corrected chi connectivity index (χ4v) is 2.55. The molecule has 0 aliphatic rings. The van der Waals surface area contributed by atoms with Gasteiger partial charge in [0.15, 0.2) is 0 Å². The lowest BCUT2D eigenvalue weighted by Crippen LogP contribution is -2.08. The van der Waals surface area contributed by atoms with Crippen LogP contribution >= 0.6 is 0 Å². The van der Waals surface area contributed by atoms with Crippen molar-refractivity contribution in [3.05, 3.63) is 48.5 Å². The van der Waals surface area contributed by atoms with Crippen molar-refractivity contribution in [1.29, 1.82) is 0 Å². The maximum absolute atomic E-state index is 12.1. The highest BCUT2D eigenvalue weighted by Gasteiger charge is 2.04. The first-order chi connectivity index (χ1) is 9.69. The number of nitrogen functional groups attached to an aromatic ring is 1. The van der Waals surface area contributed by atoms with Gasteiger partial charge in [0.05, 0.1) is 23.7 Å². The highest BCUT2D eigenvalue weighted by Crippen LogP contribution is 2.15. The van der Waals surface area contributed by atoms with Crippen LogP contribution in [0.15, 0.2) is 53.4 Å². The summed E-state index contributed by atoms with van der Waals surface area (Å²) in [4.78, 5) is 0.770. The molecule has 0 aromatic heterocycles. The van der Waals surface area contributed by atoms with Crippen molar-refractivity contribution in [1.82, 2.24) is 0 Å². The number of anilines is 1. The maximum Gasteiger partial charge on any atom is 0.119 e. The van der Waals surface area contributed by atoms with Gasteiger partial charge in [-0.25, -0.2) is 0 Å². The van der Waals surface area contributed by atoms with E-state index in [4.69, 9.17) is 15.2 Å². The molecule has 0 aliphatic heterocycles. The van der Waals surface area contributed by atoms with Crippen LogP contribution in [0.3, 0.4) is 0 Å². The fourth-order valence-electron chi connectivity index (χ4n) is 1.64. The molecule has 4 nitrogen and oxygen atoms in total. The van der Waals surface area contributed by atoms with Crippen molar-refractivity contribution in [3.8, 4) is 11.5 Å². The Balaban J connectivity index is 1.83. The Morgan fingerprint density at radius 1 is 1.00 bits per heavy atom. The van der Waals surface area contributed by atoms with Gasteiger partial charge in [0.1, 0.15) is 18.1 Å². The number of benzene rings is 2. The summed E-state index contributed by atoms with van der Waals surface area (Å²) < 4.78 is 22.6. The number of hydrogen-bond donors (Lipinski definition) is 1. The summed E-state index contributed by atoms with van der Waals surface area (Å²) in [6, 6.07) is 14.3. The topological polar surface area (TPSA) is 61.5 Å². The molecular formula is C15H17NO3S. The molecule has 0 amide bonds. The summed E-state index contributed by atoms with van der Waals surface area (Å²) in [5.41, 5.74) is 6.28. The predicted octanol–water partition coefficient (Wildman–Crippen LogP) is 2.46. The number of nitrogens with two attached hydrogens (primary N) is 1. The van der Waals surface area contributed by atoms with Crippen LogP contribution in [-0.4, -0.2) is 23.7 Å². The van der Waals surface area contributed by atoms with E-state index in [-0.39, 0.29) is 0 Å². The van der Waals surface area contributed by atoms with Crippen LogP contribution in [0.4, 0.5) is 5.69 Å². The van der Waals surface area contributed by atoms with Crippen LogP contribution in [0.5, 0.6) is 11.5 Å². The van der Waals surface area contributed by atoms with E-state index in [2.05, 4.69) is 0 Å². The average Bonchev–Trinajstić information content (AvgIpc) is 2.49. The van der Waals surface area contributed by atoms with Gasteiger partial charge in [-0.3, -0.25) is 4.21 Å². The van der Waals surface area contributed by atoms with E-state index in [1.807, 2.05) is 0 Å². The second kappa shape index (κ2) is 6.96. The van der Waals surface area contributed by atoms with Crippen molar-refractivity contribution in [3.63, 3.8) is 0 Å². The van der Waals surface area contributed by atoms with E-state index in [1.165, 1.54) is 0 Å². The second-order valence-corrected chi connectivity index (χ2v) is 5.71. The smallest absolute Gasteiger partial charge is 0.119 e. The lowest BCUT2D eigenvalue weighted by Gasteiger charge is -2.07. The third-order valence-electron chi connectivity index (χ3n) is 2.74. The number of rotatable bonds is 6. The minimum absolute atomic E-state index is 0.391. The summed E-state index contributed by atoms with van der Waals surface area (Å²) in [7, 11) is 0.527. The normalized spacial score (nSPS) is 11.8. The minimum atomic E-state index is -1.08. The van der Waals surface area contributed by atoms with Crippen LogP contribution < -0.4 is 15.2 Å². The Morgan fingerprint density at radius 2 is 1.60 bits per heavy atom. The first-order valence-electron chi connectivity index (χ1n) is 6.20. The average molecular weight is 291 g/mol. The molecule has 2 aromatic carbocycles. The van der Waals surface area contributed by atoms with Gasteiger partial charge in [-0.2, -0.15) is 0 Å². The summed E-state index contributed by atoms with van der Waals surface area (Å²) in [5, 5.41) is 0. The lowest BCUT2D eigenvalue weighted by molar-refractivity contribution is 0.342. The highest BCUT2D eigenvalue weighted by molar-refractivity contribution is 7.85. The van der Waals surface area contributed by atoms with Crippen LogP contribution in [0, 0.1) is 0 Å². The van der Waals surface area contributed by atoms with E-state index in [1.54, 1.807) is 55.6 Å². The largest absolute Gasteiger partial charge is 0.497 e. The third-order valence-corrected chi connectivity index (χ3v) is 4.08. The predicted molar refractivity (Wildman–Crippen MR) is 80.6 cm³/mol. The molecule has 106 valence electrons. The maximum atomic E-state index is 12.1. The number of methoxy groups -OCH3 is 1. The highest BCUT2D eigenvalue weighted by atomic mass is 32.2. The van der Waals surface area contributed by atoms with Crippen LogP contribution in [-0.2, 0) is 10.8 Å².